The van der Waals surface area contributed by atoms with Crippen molar-refractivity contribution < 1.29 is 9.90 Å². The molecule has 5 heteroatoms. The number of rotatable bonds is 2. The maximum Gasteiger partial charge on any atom is 0.309 e. The Morgan fingerprint density at radius 3 is 2.92 bits per heavy atom. The van der Waals surface area contributed by atoms with Crippen LogP contribution in [0.15, 0.2) is 16.7 Å². The number of carbonyl (C=O) groups is 1. The zero-order valence-corrected chi connectivity index (χ0v) is 8.26. The number of hydrogen-bond donors (Lipinski definition) is 1. The molecule has 0 radical (unpaired) electrons. The number of halogens is 2. The lowest BCUT2D eigenvalue weighted by atomic mass is 10.3. The minimum absolute atomic E-state index is 0.104. The van der Waals surface area contributed by atoms with Crippen LogP contribution in [0.5, 0.6) is 0 Å². The standard InChI is InChI=1S/C7H5BrClNO2/c8-5-3-10-4(1-6(5)9)2-7(11)12/h1,3H,2H2,(H,11,12). The predicted molar refractivity (Wildman–Crippen MR) is 48.3 cm³/mol. The molecular formula is C7H5BrClNO2. The molecular weight excluding hydrogens is 245 g/mol. The van der Waals surface area contributed by atoms with E-state index in [1.165, 1.54) is 12.3 Å². The molecule has 0 spiro atoms. The number of hydrogen-bond acceptors (Lipinski definition) is 2. The van der Waals surface area contributed by atoms with E-state index in [4.69, 9.17) is 16.7 Å². The van der Waals surface area contributed by atoms with Gasteiger partial charge < -0.3 is 5.11 Å². The van der Waals surface area contributed by atoms with Gasteiger partial charge in [-0.1, -0.05) is 11.6 Å². The number of pyridine rings is 1. The van der Waals surface area contributed by atoms with E-state index in [0.29, 0.717) is 15.2 Å². The molecule has 0 aliphatic heterocycles. The van der Waals surface area contributed by atoms with Crippen LogP contribution in [0.4, 0.5) is 0 Å². The minimum Gasteiger partial charge on any atom is -0.481 e. The normalized spacial score (nSPS) is 9.83. The second-order valence-electron chi connectivity index (χ2n) is 2.16. The Labute approximate surface area is 82.5 Å². The Kier molecular flexibility index (Phi) is 3.05. The summed E-state index contributed by atoms with van der Waals surface area (Å²) in [5.74, 6) is -0.916. The van der Waals surface area contributed by atoms with Gasteiger partial charge in [-0.2, -0.15) is 0 Å². The van der Waals surface area contributed by atoms with E-state index in [9.17, 15) is 4.79 Å². The highest BCUT2D eigenvalue weighted by atomic mass is 79.9. The molecule has 0 fully saturated rings. The van der Waals surface area contributed by atoms with Gasteiger partial charge in [-0.05, 0) is 22.0 Å². The summed E-state index contributed by atoms with van der Waals surface area (Å²) in [4.78, 5) is 14.1. The zero-order chi connectivity index (χ0) is 9.14. The summed E-state index contributed by atoms with van der Waals surface area (Å²) >= 11 is 8.87. The van der Waals surface area contributed by atoms with Crippen LogP contribution in [0, 0.1) is 0 Å². The van der Waals surface area contributed by atoms with E-state index >= 15 is 0 Å². The van der Waals surface area contributed by atoms with Crippen LogP contribution in [-0.2, 0) is 11.2 Å². The first-order valence-electron chi connectivity index (χ1n) is 3.11. The smallest absolute Gasteiger partial charge is 0.309 e. The van der Waals surface area contributed by atoms with E-state index in [1.807, 2.05) is 0 Å². The molecule has 1 aromatic rings. The molecule has 0 saturated heterocycles. The quantitative estimate of drug-likeness (QED) is 0.875. The molecule has 0 saturated carbocycles. The van der Waals surface area contributed by atoms with Gasteiger partial charge >= 0.3 is 5.97 Å². The van der Waals surface area contributed by atoms with Crippen LogP contribution < -0.4 is 0 Å². The zero-order valence-electron chi connectivity index (χ0n) is 5.92. The molecule has 0 unspecified atom stereocenters. The highest BCUT2D eigenvalue weighted by Gasteiger charge is 2.04. The predicted octanol–water partition coefficient (Wildman–Crippen LogP) is 2.12. The third-order valence-electron chi connectivity index (χ3n) is 1.20. The van der Waals surface area contributed by atoms with E-state index < -0.39 is 5.97 Å². The van der Waals surface area contributed by atoms with Crippen LogP contribution >= 0.6 is 27.5 Å². The van der Waals surface area contributed by atoms with Gasteiger partial charge in [0.25, 0.3) is 0 Å². The first-order chi connectivity index (χ1) is 5.59. The summed E-state index contributed by atoms with van der Waals surface area (Å²) in [5, 5.41) is 8.91. The number of carboxylic acid groups (broad SMARTS) is 1. The van der Waals surface area contributed by atoms with Crippen LogP contribution in [-0.4, -0.2) is 16.1 Å². The Balaban J connectivity index is 2.89. The molecule has 0 bridgehead atoms. The summed E-state index contributed by atoms with van der Waals surface area (Å²) in [5.41, 5.74) is 0.454. The second-order valence-corrected chi connectivity index (χ2v) is 3.42. The fourth-order valence-electron chi connectivity index (χ4n) is 0.705. The molecule has 0 atom stereocenters. The Morgan fingerprint density at radius 2 is 2.42 bits per heavy atom. The van der Waals surface area contributed by atoms with Crippen molar-refractivity contribution in [1.82, 2.24) is 4.98 Å². The van der Waals surface area contributed by atoms with Gasteiger partial charge in [0.15, 0.2) is 0 Å². The molecule has 0 aliphatic carbocycles. The fourth-order valence-corrected chi connectivity index (χ4v) is 1.10. The second kappa shape index (κ2) is 3.87. The van der Waals surface area contributed by atoms with E-state index in [-0.39, 0.29) is 6.42 Å². The Bertz CT molecular complexity index is 316. The van der Waals surface area contributed by atoms with Crippen molar-refractivity contribution in [2.24, 2.45) is 0 Å². The third-order valence-corrected chi connectivity index (χ3v) is 2.37. The summed E-state index contributed by atoms with van der Waals surface area (Å²) in [6, 6.07) is 1.53. The maximum absolute atomic E-state index is 10.3. The topological polar surface area (TPSA) is 50.2 Å². The molecule has 12 heavy (non-hydrogen) atoms. The summed E-state index contributed by atoms with van der Waals surface area (Å²) in [6.07, 6.45) is 1.38. The monoisotopic (exact) mass is 249 g/mol. The highest BCUT2D eigenvalue weighted by molar-refractivity contribution is 9.10. The average Bonchev–Trinajstić information content (AvgIpc) is 1.96. The number of nitrogens with zero attached hydrogens (tertiary/aromatic N) is 1. The van der Waals surface area contributed by atoms with Gasteiger partial charge in [0.05, 0.1) is 21.6 Å². The number of aromatic nitrogens is 1. The number of aliphatic carboxylic acids is 1. The van der Waals surface area contributed by atoms with Crippen molar-refractivity contribution in [3.05, 3.63) is 27.5 Å². The van der Waals surface area contributed by atoms with Crippen molar-refractivity contribution in [2.45, 2.75) is 6.42 Å². The van der Waals surface area contributed by atoms with Crippen molar-refractivity contribution in [1.29, 1.82) is 0 Å². The Hall–Kier alpha value is -0.610. The molecule has 64 valence electrons. The van der Waals surface area contributed by atoms with Gasteiger partial charge in [-0.25, -0.2) is 0 Å². The van der Waals surface area contributed by atoms with Crippen LogP contribution in [0.2, 0.25) is 5.02 Å². The lowest BCUT2D eigenvalue weighted by Gasteiger charge is -1.98. The van der Waals surface area contributed by atoms with Gasteiger partial charge in [-0.3, -0.25) is 9.78 Å². The highest BCUT2D eigenvalue weighted by Crippen LogP contribution is 2.21. The third kappa shape index (κ3) is 2.46. The van der Waals surface area contributed by atoms with Crippen molar-refractivity contribution in [2.75, 3.05) is 0 Å². The van der Waals surface area contributed by atoms with Gasteiger partial charge in [0, 0.05) is 6.20 Å². The lowest BCUT2D eigenvalue weighted by Crippen LogP contribution is -2.01. The first-order valence-corrected chi connectivity index (χ1v) is 4.28. The average molecular weight is 250 g/mol. The summed E-state index contributed by atoms with van der Waals surface area (Å²) < 4.78 is 0.665. The van der Waals surface area contributed by atoms with E-state index in [0.717, 1.165) is 0 Å². The molecule has 1 rings (SSSR count). The molecule has 1 N–H and O–H groups in total. The summed E-state index contributed by atoms with van der Waals surface area (Å²) in [6.45, 7) is 0. The van der Waals surface area contributed by atoms with Crippen molar-refractivity contribution in [3.8, 4) is 0 Å². The van der Waals surface area contributed by atoms with Crippen LogP contribution in [0.1, 0.15) is 5.69 Å². The lowest BCUT2D eigenvalue weighted by molar-refractivity contribution is -0.136. The summed E-state index contributed by atoms with van der Waals surface area (Å²) in [7, 11) is 0. The molecule has 0 aliphatic rings. The van der Waals surface area contributed by atoms with Crippen molar-refractivity contribution in [3.63, 3.8) is 0 Å². The van der Waals surface area contributed by atoms with Gasteiger partial charge in [-0.15, -0.1) is 0 Å². The molecule has 1 aromatic heterocycles. The SMILES string of the molecule is O=C(O)Cc1cc(Cl)c(Br)cn1. The maximum atomic E-state index is 10.3. The largest absolute Gasteiger partial charge is 0.481 e. The molecule has 3 nitrogen and oxygen atoms in total. The minimum atomic E-state index is -0.916. The van der Waals surface area contributed by atoms with E-state index in [2.05, 4.69) is 20.9 Å². The molecule has 0 amide bonds. The molecule has 1 heterocycles. The Morgan fingerprint density at radius 1 is 1.75 bits per heavy atom. The molecule has 0 aromatic carbocycles. The van der Waals surface area contributed by atoms with Gasteiger partial charge in [0.1, 0.15) is 0 Å². The number of carboxylic acids is 1. The van der Waals surface area contributed by atoms with E-state index in [1.54, 1.807) is 0 Å². The van der Waals surface area contributed by atoms with Crippen LogP contribution in [0.3, 0.4) is 0 Å². The van der Waals surface area contributed by atoms with Crippen LogP contribution in [0.25, 0.3) is 0 Å². The van der Waals surface area contributed by atoms with Crippen molar-refractivity contribution >= 4 is 33.5 Å². The first kappa shape index (κ1) is 9.48. The fraction of sp³-hybridized carbons (Fsp3) is 0.143. The van der Waals surface area contributed by atoms with Gasteiger partial charge in [0.2, 0.25) is 0 Å².